The lowest BCUT2D eigenvalue weighted by Crippen LogP contribution is -1.95. The third kappa shape index (κ3) is 2.22. The summed E-state index contributed by atoms with van der Waals surface area (Å²) in [5.74, 6) is -3.29. The number of nitrogens with two attached hydrogens (primary N) is 1. The van der Waals surface area contributed by atoms with Crippen molar-refractivity contribution in [2.45, 2.75) is 0 Å². The summed E-state index contributed by atoms with van der Waals surface area (Å²) in [5, 5.41) is 3.59. The highest BCUT2D eigenvalue weighted by atomic mass is 19.1. The van der Waals surface area contributed by atoms with Crippen LogP contribution in [0.1, 0.15) is 0 Å². The van der Waals surface area contributed by atoms with Crippen LogP contribution in [0.4, 0.5) is 19.1 Å². The zero-order chi connectivity index (χ0) is 15.0. The van der Waals surface area contributed by atoms with Gasteiger partial charge in [-0.25, -0.2) is 13.2 Å². The van der Waals surface area contributed by atoms with Gasteiger partial charge in [-0.1, -0.05) is 5.16 Å². The molecule has 2 aromatic heterocycles. The first-order valence-corrected chi connectivity index (χ1v) is 5.88. The Labute approximate surface area is 117 Å². The van der Waals surface area contributed by atoms with Gasteiger partial charge in [0.15, 0.2) is 0 Å². The minimum absolute atomic E-state index is 0.0978. The number of anilines is 1. The molecule has 0 saturated carbocycles. The minimum atomic E-state index is -1.09. The molecule has 0 aliphatic carbocycles. The third-order valence-corrected chi connectivity index (χ3v) is 2.93. The van der Waals surface area contributed by atoms with Gasteiger partial charge >= 0.3 is 0 Å². The van der Waals surface area contributed by atoms with Gasteiger partial charge in [-0.2, -0.15) is 0 Å². The molecule has 3 rings (SSSR count). The number of hydrogen-bond donors (Lipinski definition) is 1. The third-order valence-electron chi connectivity index (χ3n) is 2.93. The molecule has 0 fully saturated rings. The maximum Gasteiger partial charge on any atom is 0.230 e. The predicted octanol–water partition coefficient (Wildman–Crippen LogP) is 3.40. The molecule has 0 saturated heterocycles. The van der Waals surface area contributed by atoms with E-state index in [9.17, 15) is 13.2 Å². The van der Waals surface area contributed by atoms with Crippen molar-refractivity contribution in [2.75, 3.05) is 5.73 Å². The van der Waals surface area contributed by atoms with Crippen LogP contribution in [0.15, 0.2) is 41.2 Å². The van der Waals surface area contributed by atoms with Crippen LogP contribution in [-0.4, -0.2) is 10.1 Å². The molecule has 0 amide bonds. The Kier molecular flexibility index (Phi) is 3.09. The average molecular weight is 291 g/mol. The second-order valence-electron chi connectivity index (χ2n) is 4.25. The highest BCUT2D eigenvalue weighted by molar-refractivity contribution is 5.86. The van der Waals surface area contributed by atoms with Gasteiger partial charge in [0.05, 0.1) is 11.1 Å². The van der Waals surface area contributed by atoms with Crippen LogP contribution in [0.5, 0.6) is 0 Å². The van der Waals surface area contributed by atoms with Crippen molar-refractivity contribution in [3.63, 3.8) is 0 Å². The second-order valence-corrected chi connectivity index (χ2v) is 4.25. The van der Waals surface area contributed by atoms with Crippen molar-refractivity contribution < 1.29 is 17.7 Å². The standard InChI is InChI=1S/C14H8F3N3O/c15-8-5-9(16)12(10(17)6-8)13-11(14(18)21-20-13)7-1-3-19-4-2-7/h1-6H,18H2. The summed E-state index contributed by atoms with van der Waals surface area (Å²) in [7, 11) is 0. The number of hydrogen-bond acceptors (Lipinski definition) is 4. The SMILES string of the molecule is Nc1onc(-c2c(F)cc(F)cc2F)c1-c1ccncc1. The Morgan fingerprint density at radius 1 is 0.952 bits per heavy atom. The Morgan fingerprint density at radius 3 is 2.19 bits per heavy atom. The molecule has 106 valence electrons. The van der Waals surface area contributed by atoms with Gasteiger partial charge in [-0.15, -0.1) is 0 Å². The van der Waals surface area contributed by atoms with Crippen molar-refractivity contribution in [1.82, 2.24) is 10.1 Å². The smallest absolute Gasteiger partial charge is 0.230 e. The summed E-state index contributed by atoms with van der Waals surface area (Å²) < 4.78 is 45.6. The summed E-state index contributed by atoms with van der Waals surface area (Å²) >= 11 is 0. The first-order chi connectivity index (χ1) is 10.1. The first kappa shape index (κ1) is 13.2. The van der Waals surface area contributed by atoms with Crippen molar-refractivity contribution in [3.8, 4) is 22.4 Å². The second kappa shape index (κ2) is 4.93. The van der Waals surface area contributed by atoms with Crippen molar-refractivity contribution in [1.29, 1.82) is 0 Å². The molecule has 0 radical (unpaired) electrons. The van der Waals surface area contributed by atoms with Crippen LogP contribution in [-0.2, 0) is 0 Å². The molecule has 0 aliphatic heterocycles. The summed E-state index contributed by atoms with van der Waals surface area (Å²) in [6.07, 6.45) is 2.98. The van der Waals surface area contributed by atoms with E-state index in [-0.39, 0.29) is 17.1 Å². The zero-order valence-corrected chi connectivity index (χ0v) is 10.5. The van der Waals surface area contributed by atoms with Gasteiger partial charge in [0.2, 0.25) is 5.88 Å². The van der Waals surface area contributed by atoms with Crippen LogP contribution in [0.2, 0.25) is 0 Å². The molecule has 0 unspecified atom stereocenters. The highest BCUT2D eigenvalue weighted by Gasteiger charge is 2.23. The summed E-state index contributed by atoms with van der Waals surface area (Å²) in [6, 6.07) is 4.32. The van der Waals surface area contributed by atoms with Gasteiger partial charge in [0.1, 0.15) is 23.1 Å². The molecular formula is C14H8F3N3O. The molecule has 7 heteroatoms. The van der Waals surface area contributed by atoms with E-state index >= 15 is 0 Å². The molecule has 0 atom stereocenters. The number of nitrogen functional groups attached to an aromatic ring is 1. The van der Waals surface area contributed by atoms with E-state index in [0.29, 0.717) is 17.7 Å². The van der Waals surface area contributed by atoms with Gasteiger partial charge in [0, 0.05) is 24.5 Å². The summed E-state index contributed by atoms with van der Waals surface area (Å²) in [5.41, 5.74) is 5.80. The first-order valence-electron chi connectivity index (χ1n) is 5.88. The van der Waals surface area contributed by atoms with Gasteiger partial charge in [0.25, 0.3) is 0 Å². The molecule has 0 bridgehead atoms. The van der Waals surface area contributed by atoms with Crippen molar-refractivity contribution in [2.24, 2.45) is 0 Å². The van der Waals surface area contributed by atoms with Gasteiger partial charge in [-0.3, -0.25) is 4.98 Å². The Bertz CT molecular complexity index is 779. The van der Waals surface area contributed by atoms with E-state index in [0.717, 1.165) is 0 Å². The van der Waals surface area contributed by atoms with E-state index < -0.39 is 23.0 Å². The Balaban J connectivity index is 2.27. The van der Waals surface area contributed by atoms with Crippen LogP contribution >= 0.6 is 0 Å². The fourth-order valence-electron chi connectivity index (χ4n) is 2.04. The Morgan fingerprint density at radius 2 is 1.57 bits per heavy atom. The lowest BCUT2D eigenvalue weighted by atomic mass is 10.0. The predicted molar refractivity (Wildman–Crippen MR) is 69.5 cm³/mol. The minimum Gasteiger partial charge on any atom is -0.367 e. The zero-order valence-electron chi connectivity index (χ0n) is 10.5. The maximum atomic E-state index is 13.9. The van der Waals surface area contributed by atoms with Gasteiger partial charge in [-0.05, 0) is 17.7 Å². The number of halogens is 3. The number of benzene rings is 1. The summed E-state index contributed by atoms with van der Waals surface area (Å²) in [6.45, 7) is 0. The number of nitrogens with zero attached hydrogens (tertiary/aromatic N) is 2. The molecule has 4 nitrogen and oxygen atoms in total. The van der Waals surface area contributed by atoms with Crippen molar-refractivity contribution in [3.05, 3.63) is 54.1 Å². The van der Waals surface area contributed by atoms with Crippen LogP contribution in [0.25, 0.3) is 22.4 Å². The molecule has 0 aliphatic rings. The highest BCUT2D eigenvalue weighted by Crippen LogP contribution is 2.38. The molecule has 2 N–H and O–H groups in total. The monoisotopic (exact) mass is 291 g/mol. The van der Waals surface area contributed by atoms with E-state index in [2.05, 4.69) is 10.1 Å². The normalized spacial score (nSPS) is 10.8. The van der Waals surface area contributed by atoms with Gasteiger partial charge < -0.3 is 10.3 Å². The molecule has 21 heavy (non-hydrogen) atoms. The van der Waals surface area contributed by atoms with E-state index in [1.54, 1.807) is 12.1 Å². The van der Waals surface area contributed by atoms with Crippen LogP contribution in [0, 0.1) is 17.5 Å². The quantitative estimate of drug-likeness (QED) is 0.786. The number of aromatic nitrogens is 2. The lowest BCUT2D eigenvalue weighted by molar-refractivity contribution is 0.437. The van der Waals surface area contributed by atoms with Crippen LogP contribution < -0.4 is 5.73 Å². The van der Waals surface area contributed by atoms with E-state index in [1.807, 2.05) is 0 Å². The number of pyridine rings is 1. The average Bonchev–Trinajstić information content (AvgIpc) is 2.80. The molecule has 0 spiro atoms. The number of rotatable bonds is 2. The maximum absolute atomic E-state index is 13.9. The van der Waals surface area contributed by atoms with Crippen LogP contribution in [0.3, 0.4) is 0 Å². The molecule has 3 aromatic rings. The molecule has 1 aromatic carbocycles. The Hall–Kier alpha value is -2.83. The van der Waals surface area contributed by atoms with Crippen molar-refractivity contribution >= 4 is 5.88 Å². The summed E-state index contributed by atoms with van der Waals surface area (Å²) in [4.78, 5) is 3.84. The largest absolute Gasteiger partial charge is 0.367 e. The topological polar surface area (TPSA) is 64.9 Å². The van der Waals surface area contributed by atoms with E-state index in [1.165, 1.54) is 12.4 Å². The fraction of sp³-hybridized carbons (Fsp3) is 0. The lowest BCUT2D eigenvalue weighted by Gasteiger charge is -2.05. The molecule has 2 heterocycles. The fourth-order valence-corrected chi connectivity index (χ4v) is 2.04. The molecular weight excluding hydrogens is 283 g/mol. The van der Waals surface area contributed by atoms with E-state index in [4.69, 9.17) is 10.3 Å².